The van der Waals surface area contributed by atoms with Crippen LogP contribution in [-0.2, 0) is 13.5 Å². The van der Waals surface area contributed by atoms with E-state index in [1.165, 1.54) is 5.56 Å². The van der Waals surface area contributed by atoms with Gasteiger partial charge < -0.3 is 4.90 Å². The molecular weight excluding hydrogens is 386 g/mol. The van der Waals surface area contributed by atoms with Gasteiger partial charge in [-0.3, -0.25) is 9.48 Å². The quantitative estimate of drug-likeness (QED) is 0.601. The highest BCUT2D eigenvalue weighted by Crippen LogP contribution is 2.43. The predicted octanol–water partition coefficient (Wildman–Crippen LogP) is 4.80. The first-order valence-corrected chi connectivity index (χ1v) is 11.2. The van der Waals surface area contributed by atoms with Crippen molar-refractivity contribution in [2.75, 3.05) is 6.54 Å². The van der Waals surface area contributed by atoms with Crippen LogP contribution in [0.1, 0.15) is 72.4 Å². The van der Waals surface area contributed by atoms with Crippen molar-refractivity contribution >= 4 is 11.6 Å². The van der Waals surface area contributed by atoms with Gasteiger partial charge in [-0.25, -0.2) is 4.68 Å². The van der Waals surface area contributed by atoms with Gasteiger partial charge in [0.05, 0.1) is 34.9 Å². The molecule has 160 valence electrons. The van der Waals surface area contributed by atoms with Gasteiger partial charge in [-0.2, -0.15) is 10.2 Å². The Morgan fingerprint density at radius 3 is 2.65 bits per heavy atom. The van der Waals surface area contributed by atoms with Gasteiger partial charge in [-0.05, 0) is 32.6 Å². The number of carbonyl (C=O) groups excluding carboxylic acids is 1. The highest BCUT2D eigenvalue weighted by atomic mass is 16.2. The maximum Gasteiger partial charge on any atom is 0.257 e. The lowest BCUT2D eigenvalue weighted by Gasteiger charge is -2.33. The van der Waals surface area contributed by atoms with Crippen LogP contribution in [0, 0.1) is 0 Å². The summed E-state index contributed by atoms with van der Waals surface area (Å²) in [6.45, 7) is 9.11. The molecule has 0 saturated heterocycles. The van der Waals surface area contributed by atoms with E-state index in [1.54, 1.807) is 6.20 Å². The minimum atomic E-state index is -0.100. The average molecular weight is 416 g/mol. The Balaban J connectivity index is 1.54. The monoisotopic (exact) mass is 415 g/mol. The molecule has 0 N–H and O–H groups in total. The molecule has 1 aliphatic carbocycles. The van der Waals surface area contributed by atoms with Gasteiger partial charge in [0, 0.05) is 36.3 Å². The van der Waals surface area contributed by atoms with Crippen LogP contribution in [0.3, 0.4) is 0 Å². The first kappa shape index (κ1) is 19.8. The van der Waals surface area contributed by atoms with E-state index in [0.717, 1.165) is 59.6 Å². The number of allylic oxidation sites excluding steroid dienone is 1. The highest BCUT2D eigenvalue weighted by molar-refractivity contribution is 5.96. The van der Waals surface area contributed by atoms with E-state index in [-0.39, 0.29) is 11.9 Å². The summed E-state index contributed by atoms with van der Waals surface area (Å²) >= 11 is 0. The first-order chi connectivity index (χ1) is 15.0. The second-order valence-electron chi connectivity index (χ2n) is 8.68. The normalized spacial score (nSPS) is 18.2. The summed E-state index contributed by atoms with van der Waals surface area (Å²) in [5.74, 6) is 0.539. The lowest BCUT2D eigenvalue weighted by Crippen LogP contribution is -2.39. The molecule has 1 amide bonds. The molecule has 6 nitrogen and oxygen atoms in total. The zero-order valence-corrected chi connectivity index (χ0v) is 18.5. The lowest BCUT2D eigenvalue weighted by atomic mass is 9.95. The maximum absolute atomic E-state index is 13.6. The second kappa shape index (κ2) is 7.52. The number of nitrogens with zero attached hydrogens (tertiary/aromatic N) is 5. The highest BCUT2D eigenvalue weighted by Gasteiger charge is 2.37. The zero-order valence-electron chi connectivity index (χ0n) is 18.5. The van der Waals surface area contributed by atoms with Crippen LogP contribution >= 0.6 is 0 Å². The number of rotatable bonds is 5. The van der Waals surface area contributed by atoms with Crippen LogP contribution in [0.4, 0.5) is 0 Å². The van der Waals surface area contributed by atoms with E-state index in [0.29, 0.717) is 12.5 Å². The van der Waals surface area contributed by atoms with Gasteiger partial charge in [0.2, 0.25) is 0 Å². The summed E-state index contributed by atoms with van der Waals surface area (Å²) in [6.07, 6.45) is 5.63. The fourth-order valence-electron chi connectivity index (χ4n) is 4.78. The summed E-state index contributed by atoms with van der Waals surface area (Å²) in [6, 6.07) is 10.3. The molecule has 0 radical (unpaired) electrons. The Bertz CT molecular complexity index is 1150. The second-order valence-corrected chi connectivity index (χ2v) is 8.68. The fourth-order valence-corrected chi connectivity index (χ4v) is 4.78. The molecule has 2 aromatic heterocycles. The van der Waals surface area contributed by atoms with E-state index in [2.05, 4.69) is 49.8 Å². The Kier molecular flexibility index (Phi) is 4.80. The van der Waals surface area contributed by atoms with Crippen molar-refractivity contribution in [1.29, 1.82) is 0 Å². The van der Waals surface area contributed by atoms with Crippen LogP contribution in [0.5, 0.6) is 0 Å². The molecule has 6 heteroatoms. The number of hydrogen-bond acceptors (Lipinski definition) is 3. The molecule has 1 atom stereocenters. The summed E-state index contributed by atoms with van der Waals surface area (Å²) in [5.41, 5.74) is 7.25. The van der Waals surface area contributed by atoms with Crippen molar-refractivity contribution in [2.45, 2.75) is 51.5 Å². The van der Waals surface area contributed by atoms with Crippen molar-refractivity contribution in [3.8, 4) is 11.3 Å². The minimum Gasteiger partial charge on any atom is -0.330 e. The number of fused-ring (bicyclic) bond motifs is 1. The van der Waals surface area contributed by atoms with Gasteiger partial charge in [0.25, 0.3) is 5.91 Å². The van der Waals surface area contributed by atoms with E-state index in [1.807, 2.05) is 27.4 Å². The van der Waals surface area contributed by atoms with Crippen LogP contribution in [0.2, 0.25) is 0 Å². The Morgan fingerprint density at radius 2 is 1.97 bits per heavy atom. The lowest BCUT2D eigenvalue weighted by molar-refractivity contribution is 0.0672. The molecule has 3 aromatic rings. The molecule has 3 heterocycles. The molecule has 2 aliphatic rings. The summed E-state index contributed by atoms with van der Waals surface area (Å²) in [5, 5.41) is 9.38. The molecule has 0 bridgehead atoms. The Morgan fingerprint density at radius 1 is 1.23 bits per heavy atom. The predicted molar refractivity (Wildman–Crippen MR) is 122 cm³/mol. The maximum atomic E-state index is 13.6. The van der Waals surface area contributed by atoms with Gasteiger partial charge in [-0.1, -0.05) is 43.8 Å². The number of benzene rings is 1. The molecule has 31 heavy (non-hydrogen) atoms. The topological polar surface area (TPSA) is 56.0 Å². The van der Waals surface area contributed by atoms with Crippen LogP contribution < -0.4 is 0 Å². The van der Waals surface area contributed by atoms with Gasteiger partial charge >= 0.3 is 0 Å². The third kappa shape index (κ3) is 3.21. The summed E-state index contributed by atoms with van der Waals surface area (Å²) in [4.78, 5) is 15.5. The van der Waals surface area contributed by atoms with E-state index >= 15 is 0 Å². The van der Waals surface area contributed by atoms with Gasteiger partial charge in [-0.15, -0.1) is 0 Å². The van der Waals surface area contributed by atoms with Crippen LogP contribution in [0.25, 0.3) is 17.0 Å². The minimum absolute atomic E-state index is 0.0679. The van der Waals surface area contributed by atoms with Crippen molar-refractivity contribution < 1.29 is 4.79 Å². The molecule has 1 aromatic carbocycles. The van der Waals surface area contributed by atoms with E-state index in [9.17, 15) is 4.79 Å². The SMILES string of the molecule is C=C(CC)n1nc2c(c1-c1ccccc1)CCN(C(=O)c1cnn(C)c1C1CC1)[C@@H]2C. The molecule has 1 aliphatic heterocycles. The van der Waals surface area contributed by atoms with E-state index < -0.39 is 0 Å². The molecule has 5 rings (SSSR count). The summed E-state index contributed by atoms with van der Waals surface area (Å²) in [7, 11) is 1.94. The number of hydrogen-bond donors (Lipinski definition) is 0. The number of amides is 1. The standard InChI is InChI=1S/C25H29N5O/c1-5-16(2)30-24(18-9-7-6-8-10-18)20-13-14-29(17(3)22(20)27-30)25(31)21-15-26-28(4)23(21)19-11-12-19/h6-10,15,17,19H,2,5,11-14H2,1,3-4H3/t17-/m1/s1. The summed E-state index contributed by atoms with van der Waals surface area (Å²) < 4.78 is 3.86. The van der Waals surface area contributed by atoms with Crippen LogP contribution in [0.15, 0.2) is 43.1 Å². The molecule has 1 saturated carbocycles. The van der Waals surface area contributed by atoms with Gasteiger partial charge in [0.15, 0.2) is 0 Å². The van der Waals surface area contributed by atoms with Crippen LogP contribution in [-0.4, -0.2) is 36.9 Å². The molecule has 0 spiro atoms. The van der Waals surface area contributed by atoms with Crippen molar-refractivity contribution in [3.05, 3.63) is 65.6 Å². The third-order valence-electron chi connectivity index (χ3n) is 6.68. The number of aromatic nitrogens is 4. The first-order valence-electron chi connectivity index (χ1n) is 11.2. The van der Waals surface area contributed by atoms with Crippen molar-refractivity contribution in [3.63, 3.8) is 0 Å². The third-order valence-corrected chi connectivity index (χ3v) is 6.68. The molecular formula is C25H29N5O. The molecule has 0 unspecified atom stereocenters. The largest absolute Gasteiger partial charge is 0.330 e. The Hall–Kier alpha value is -3.15. The smallest absolute Gasteiger partial charge is 0.257 e. The number of carbonyl (C=O) groups is 1. The number of aryl methyl sites for hydroxylation is 1. The van der Waals surface area contributed by atoms with Crippen molar-refractivity contribution in [2.24, 2.45) is 7.05 Å². The Labute approximate surface area is 183 Å². The van der Waals surface area contributed by atoms with Gasteiger partial charge in [0.1, 0.15) is 0 Å². The zero-order chi connectivity index (χ0) is 21.7. The molecule has 1 fully saturated rings. The van der Waals surface area contributed by atoms with Crippen molar-refractivity contribution in [1.82, 2.24) is 24.5 Å². The fraction of sp³-hybridized carbons (Fsp3) is 0.400. The van der Waals surface area contributed by atoms with E-state index in [4.69, 9.17) is 5.10 Å². The average Bonchev–Trinajstić information content (AvgIpc) is 3.43.